The van der Waals surface area contributed by atoms with Crippen molar-refractivity contribution in [2.75, 3.05) is 7.11 Å². The van der Waals surface area contributed by atoms with Gasteiger partial charge in [-0.05, 0) is 35.9 Å². The molecule has 0 aliphatic carbocycles. The molecule has 116 valence electrons. The van der Waals surface area contributed by atoms with Crippen LogP contribution in [0.1, 0.15) is 11.3 Å². The Kier molecular flexibility index (Phi) is 4.44. The molecule has 0 saturated carbocycles. The fourth-order valence-electron chi connectivity index (χ4n) is 2.38. The molecule has 2 aromatic carbocycles. The molecule has 0 atom stereocenters. The van der Waals surface area contributed by atoms with Gasteiger partial charge >= 0.3 is 0 Å². The van der Waals surface area contributed by atoms with Crippen molar-refractivity contribution in [3.05, 3.63) is 71.1 Å². The highest BCUT2D eigenvalue weighted by Crippen LogP contribution is 2.29. The summed E-state index contributed by atoms with van der Waals surface area (Å²) in [5.74, 6) is 0.837. The third-order valence-electron chi connectivity index (χ3n) is 3.50. The van der Waals surface area contributed by atoms with E-state index < -0.39 is 0 Å². The van der Waals surface area contributed by atoms with Crippen molar-refractivity contribution >= 4 is 11.6 Å². The highest BCUT2D eigenvalue weighted by atomic mass is 35.5. The van der Waals surface area contributed by atoms with E-state index in [1.165, 1.54) is 6.33 Å². The summed E-state index contributed by atoms with van der Waals surface area (Å²) in [5.41, 5.74) is 3.49. The topological polar surface area (TPSA) is 55.2 Å². The van der Waals surface area contributed by atoms with Gasteiger partial charge in [0, 0.05) is 17.7 Å². The Labute approximate surface area is 139 Å². The Morgan fingerprint density at radius 1 is 1.09 bits per heavy atom. The van der Waals surface area contributed by atoms with E-state index in [0.717, 1.165) is 28.3 Å². The Hall–Kier alpha value is -2.59. The van der Waals surface area contributed by atoms with Crippen LogP contribution in [-0.2, 0) is 6.42 Å². The van der Waals surface area contributed by atoms with Crippen LogP contribution < -0.4 is 4.74 Å². The van der Waals surface area contributed by atoms with E-state index >= 15 is 0 Å². The number of hydrogen-bond acceptors (Lipinski definition) is 4. The lowest BCUT2D eigenvalue weighted by Crippen LogP contribution is -1.96. The van der Waals surface area contributed by atoms with Crippen molar-refractivity contribution in [1.29, 1.82) is 0 Å². The summed E-state index contributed by atoms with van der Waals surface area (Å²) in [6, 6.07) is 14.8. The monoisotopic (exact) mass is 326 g/mol. The molecule has 5 heteroatoms. The van der Waals surface area contributed by atoms with Crippen LogP contribution in [0.4, 0.5) is 0 Å². The van der Waals surface area contributed by atoms with Crippen molar-refractivity contribution in [2.24, 2.45) is 0 Å². The van der Waals surface area contributed by atoms with E-state index in [2.05, 4.69) is 9.97 Å². The van der Waals surface area contributed by atoms with Crippen LogP contribution in [0, 0.1) is 0 Å². The number of phenols is 1. The highest BCUT2D eigenvalue weighted by molar-refractivity contribution is 6.32. The number of phenolic OH excluding ortho intramolecular Hbond substituents is 1. The predicted octanol–water partition coefficient (Wildman–Crippen LogP) is 4.10. The first-order valence-electron chi connectivity index (χ1n) is 7.09. The second kappa shape index (κ2) is 6.67. The molecule has 0 aliphatic heterocycles. The van der Waals surface area contributed by atoms with Crippen LogP contribution in [0.5, 0.6) is 11.5 Å². The number of nitrogens with zero attached hydrogens (tertiary/aromatic N) is 2. The summed E-state index contributed by atoms with van der Waals surface area (Å²) in [6.45, 7) is 0. The number of rotatable bonds is 4. The van der Waals surface area contributed by atoms with Crippen molar-refractivity contribution in [2.45, 2.75) is 6.42 Å². The molecular weight excluding hydrogens is 312 g/mol. The van der Waals surface area contributed by atoms with Crippen LogP contribution in [0.25, 0.3) is 11.3 Å². The number of aromatic hydroxyl groups is 1. The smallest absolute Gasteiger partial charge is 0.134 e. The molecule has 0 radical (unpaired) electrons. The first-order chi connectivity index (χ1) is 11.2. The zero-order valence-corrected chi connectivity index (χ0v) is 13.3. The van der Waals surface area contributed by atoms with E-state index in [1.807, 2.05) is 36.4 Å². The summed E-state index contributed by atoms with van der Waals surface area (Å²) in [4.78, 5) is 8.63. The van der Waals surface area contributed by atoms with Crippen molar-refractivity contribution < 1.29 is 9.84 Å². The summed E-state index contributed by atoms with van der Waals surface area (Å²) in [5, 5.41) is 10.0. The summed E-state index contributed by atoms with van der Waals surface area (Å²) >= 11 is 5.83. The molecule has 23 heavy (non-hydrogen) atoms. The van der Waals surface area contributed by atoms with Gasteiger partial charge in [-0.1, -0.05) is 29.8 Å². The first kappa shape index (κ1) is 15.3. The van der Waals surface area contributed by atoms with Gasteiger partial charge in [-0.3, -0.25) is 0 Å². The minimum absolute atomic E-state index is 0.0724. The molecule has 0 saturated heterocycles. The number of ether oxygens (including phenoxy) is 1. The molecule has 0 bridgehead atoms. The summed E-state index contributed by atoms with van der Waals surface area (Å²) in [7, 11) is 1.64. The van der Waals surface area contributed by atoms with Crippen molar-refractivity contribution in [3.63, 3.8) is 0 Å². The number of methoxy groups -OCH3 is 1. The van der Waals surface area contributed by atoms with Crippen LogP contribution in [0.2, 0.25) is 5.02 Å². The molecule has 0 spiro atoms. The Balaban J connectivity index is 1.92. The summed E-state index contributed by atoms with van der Waals surface area (Å²) < 4.78 is 5.38. The van der Waals surface area contributed by atoms with Gasteiger partial charge in [0.1, 0.15) is 17.8 Å². The molecule has 4 nitrogen and oxygen atoms in total. The summed E-state index contributed by atoms with van der Waals surface area (Å²) in [6.07, 6.45) is 2.11. The molecule has 0 fully saturated rings. The zero-order valence-electron chi connectivity index (χ0n) is 12.5. The minimum atomic E-state index is 0.0724. The predicted molar refractivity (Wildman–Crippen MR) is 89.9 cm³/mol. The van der Waals surface area contributed by atoms with E-state index in [1.54, 1.807) is 19.2 Å². The Morgan fingerprint density at radius 2 is 1.91 bits per heavy atom. The average Bonchev–Trinajstić information content (AvgIpc) is 2.58. The molecule has 0 unspecified atom stereocenters. The minimum Gasteiger partial charge on any atom is -0.506 e. The molecule has 0 amide bonds. The lowest BCUT2D eigenvalue weighted by Gasteiger charge is -2.09. The van der Waals surface area contributed by atoms with Gasteiger partial charge in [0.25, 0.3) is 0 Å². The van der Waals surface area contributed by atoms with E-state index in [4.69, 9.17) is 16.3 Å². The second-order valence-corrected chi connectivity index (χ2v) is 5.46. The maximum atomic E-state index is 9.70. The highest BCUT2D eigenvalue weighted by Gasteiger charge is 2.08. The quantitative estimate of drug-likeness (QED) is 0.784. The average molecular weight is 327 g/mol. The lowest BCUT2D eigenvalue weighted by molar-refractivity contribution is 0.416. The largest absolute Gasteiger partial charge is 0.506 e. The third-order valence-corrected chi connectivity index (χ3v) is 3.82. The zero-order chi connectivity index (χ0) is 16.2. The van der Waals surface area contributed by atoms with Gasteiger partial charge in [-0.15, -0.1) is 0 Å². The van der Waals surface area contributed by atoms with Gasteiger partial charge in [-0.2, -0.15) is 0 Å². The third kappa shape index (κ3) is 3.43. The maximum absolute atomic E-state index is 9.70. The van der Waals surface area contributed by atoms with Gasteiger partial charge in [-0.25, -0.2) is 9.97 Å². The molecule has 3 aromatic rings. The standard InChI is InChI=1S/C18H15ClN2O2/c1-23-18-5-3-2-4-14(18)16-10-13(20-11-21-16)8-12-6-7-15(19)17(22)9-12/h2-7,9-11,22H,8H2,1H3. The molecule has 1 N–H and O–H groups in total. The molecule has 1 heterocycles. The van der Waals surface area contributed by atoms with Crippen LogP contribution in [-0.4, -0.2) is 22.2 Å². The van der Waals surface area contributed by atoms with E-state index in [9.17, 15) is 5.11 Å². The molecule has 1 aromatic heterocycles. The molecule has 3 rings (SSSR count). The van der Waals surface area contributed by atoms with Gasteiger partial charge in [0.2, 0.25) is 0 Å². The fourth-order valence-corrected chi connectivity index (χ4v) is 2.49. The number of halogens is 1. The normalized spacial score (nSPS) is 10.5. The first-order valence-corrected chi connectivity index (χ1v) is 7.47. The second-order valence-electron chi connectivity index (χ2n) is 5.06. The Morgan fingerprint density at radius 3 is 2.70 bits per heavy atom. The number of para-hydroxylation sites is 1. The molecular formula is C18H15ClN2O2. The maximum Gasteiger partial charge on any atom is 0.134 e. The molecule has 0 aliphatic rings. The Bertz CT molecular complexity index is 837. The van der Waals surface area contributed by atoms with Crippen LogP contribution >= 0.6 is 11.6 Å². The van der Waals surface area contributed by atoms with Crippen molar-refractivity contribution in [3.8, 4) is 22.8 Å². The van der Waals surface area contributed by atoms with Crippen LogP contribution in [0.3, 0.4) is 0 Å². The van der Waals surface area contributed by atoms with Gasteiger partial charge in [0.15, 0.2) is 0 Å². The lowest BCUT2D eigenvalue weighted by atomic mass is 10.1. The number of hydrogen-bond donors (Lipinski definition) is 1. The van der Waals surface area contributed by atoms with Crippen LogP contribution in [0.15, 0.2) is 54.9 Å². The number of aromatic nitrogens is 2. The van der Waals surface area contributed by atoms with E-state index in [-0.39, 0.29) is 5.75 Å². The van der Waals surface area contributed by atoms with Gasteiger partial charge in [0.05, 0.1) is 17.8 Å². The number of benzene rings is 2. The fraction of sp³-hybridized carbons (Fsp3) is 0.111. The van der Waals surface area contributed by atoms with E-state index in [0.29, 0.717) is 11.4 Å². The SMILES string of the molecule is COc1ccccc1-c1cc(Cc2ccc(Cl)c(O)c2)ncn1. The van der Waals surface area contributed by atoms with Gasteiger partial charge < -0.3 is 9.84 Å². The van der Waals surface area contributed by atoms with Crippen molar-refractivity contribution in [1.82, 2.24) is 9.97 Å².